The minimum atomic E-state index is 0.246. The van der Waals surface area contributed by atoms with E-state index in [9.17, 15) is 0 Å². The molecule has 0 atom stereocenters. The van der Waals surface area contributed by atoms with Crippen LogP contribution in [0.2, 0.25) is 0 Å². The van der Waals surface area contributed by atoms with Gasteiger partial charge in [-0.3, -0.25) is 0 Å². The molecule has 0 bridgehead atoms. The van der Waals surface area contributed by atoms with Crippen LogP contribution in [0.1, 0.15) is 12.5 Å². The highest BCUT2D eigenvalue weighted by Crippen LogP contribution is 2.18. The molecule has 2 N–H and O–H groups in total. The molecule has 0 radical (unpaired) electrons. The topological polar surface area (TPSA) is 45.0 Å². The highest BCUT2D eigenvalue weighted by Gasteiger charge is 2.03. The lowest BCUT2D eigenvalue weighted by atomic mass is 10.3. The van der Waals surface area contributed by atoms with E-state index in [1.807, 2.05) is 13.0 Å². The average molecular weight is 233 g/mol. The van der Waals surface area contributed by atoms with Gasteiger partial charge in [0.05, 0.1) is 12.7 Å². The van der Waals surface area contributed by atoms with Gasteiger partial charge in [0.25, 0.3) is 0 Å². The van der Waals surface area contributed by atoms with Gasteiger partial charge in [0, 0.05) is 11.4 Å². The molecule has 0 saturated carbocycles. The van der Waals surface area contributed by atoms with Gasteiger partial charge in [-0.15, -0.1) is 4.98 Å². The summed E-state index contributed by atoms with van der Waals surface area (Å²) in [5.41, 5.74) is 1.01. The Morgan fingerprint density at radius 3 is 2.92 bits per heavy atom. The summed E-state index contributed by atoms with van der Waals surface area (Å²) in [5, 5.41) is 8.07. The van der Waals surface area contributed by atoms with Crippen molar-refractivity contribution in [2.75, 3.05) is 6.61 Å². The molecule has 4 heteroatoms. The Kier molecular flexibility index (Phi) is 3.34. The van der Waals surface area contributed by atoms with Crippen molar-refractivity contribution < 1.29 is 9.84 Å². The van der Waals surface area contributed by atoms with Crippen LogP contribution in [0, 0.1) is 0 Å². The lowest BCUT2D eigenvalue weighted by Gasteiger charge is -2.01. The Morgan fingerprint density at radius 1 is 1.58 bits per heavy atom. The van der Waals surface area contributed by atoms with E-state index in [0.717, 1.165) is 10.9 Å². The first kappa shape index (κ1) is 9.32. The third-order valence-electron chi connectivity index (χ3n) is 1.31. The summed E-state index contributed by atoms with van der Waals surface area (Å²) in [6, 6.07) is 3.54. The molecule has 1 rings (SSSR count). The molecular formula is C8H11BrNO2+. The molecule has 0 spiro atoms. The Labute approximate surface area is 79.5 Å². The van der Waals surface area contributed by atoms with Crippen LogP contribution < -0.4 is 4.74 Å². The summed E-state index contributed by atoms with van der Waals surface area (Å²) in [7, 11) is 0. The van der Waals surface area contributed by atoms with E-state index in [2.05, 4.69) is 20.9 Å². The summed E-state index contributed by atoms with van der Waals surface area (Å²) in [5.74, 6) is 0.773. The van der Waals surface area contributed by atoms with Crippen molar-refractivity contribution in [2.24, 2.45) is 0 Å². The van der Waals surface area contributed by atoms with Crippen LogP contribution in [0.25, 0.3) is 0 Å². The van der Waals surface area contributed by atoms with Crippen molar-refractivity contribution in [3.05, 3.63) is 17.7 Å². The molecule has 0 aliphatic heterocycles. The van der Waals surface area contributed by atoms with Crippen molar-refractivity contribution in [1.29, 1.82) is 0 Å². The highest BCUT2D eigenvalue weighted by atomic mass is 79.9. The van der Waals surface area contributed by atoms with Gasteiger partial charge in [0.2, 0.25) is 5.88 Å². The van der Waals surface area contributed by atoms with Gasteiger partial charge >= 0.3 is 5.88 Å². The van der Waals surface area contributed by atoms with E-state index in [4.69, 9.17) is 9.84 Å². The molecule has 12 heavy (non-hydrogen) atoms. The number of alkyl halides is 1. The average Bonchev–Trinajstić information content (AvgIpc) is 2.04. The number of halogens is 1. The molecular weight excluding hydrogens is 222 g/mol. The van der Waals surface area contributed by atoms with E-state index in [0.29, 0.717) is 12.5 Å². The number of hydrogen-bond donors (Lipinski definition) is 0. The lowest BCUT2D eigenvalue weighted by Crippen LogP contribution is -1.95. The molecule has 0 aromatic carbocycles. The van der Waals surface area contributed by atoms with Crippen molar-refractivity contribution in [3.8, 4) is 11.8 Å². The third-order valence-corrected chi connectivity index (χ3v) is 1.96. The van der Waals surface area contributed by atoms with Crippen LogP contribution >= 0.6 is 15.9 Å². The van der Waals surface area contributed by atoms with Crippen molar-refractivity contribution >= 4 is 15.9 Å². The third kappa shape index (κ3) is 2.37. The first-order valence-electron chi connectivity index (χ1n) is 3.67. The van der Waals surface area contributed by atoms with Gasteiger partial charge in [-0.05, 0) is 12.5 Å². The smallest absolute Gasteiger partial charge is 0.360 e. The van der Waals surface area contributed by atoms with Crippen LogP contribution in [-0.4, -0.2) is 16.7 Å². The van der Waals surface area contributed by atoms with Crippen molar-refractivity contribution in [2.45, 2.75) is 12.3 Å². The zero-order chi connectivity index (χ0) is 8.97. The van der Waals surface area contributed by atoms with Crippen molar-refractivity contribution in [3.63, 3.8) is 0 Å². The van der Waals surface area contributed by atoms with Gasteiger partial charge in [0.15, 0.2) is 0 Å². The summed E-state index contributed by atoms with van der Waals surface area (Å²) in [6.07, 6.45) is 0. The van der Waals surface area contributed by atoms with Gasteiger partial charge in [-0.2, -0.15) is 0 Å². The van der Waals surface area contributed by atoms with E-state index in [-0.39, 0.29) is 5.88 Å². The number of rotatable bonds is 3. The summed E-state index contributed by atoms with van der Waals surface area (Å²) < 4.78 is 5.18. The maximum absolute atomic E-state index is 7.35. The van der Waals surface area contributed by atoms with Gasteiger partial charge in [-0.1, -0.05) is 15.9 Å². The van der Waals surface area contributed by atoms with Gasteiger partial charge in [0.1, 0.15) is 0 Å². The van der Waals surface area contributed by atoms with Gasteiger partial charge in [-0.25, -0.2) is 0 Å². The summed E-state index contributed by atoms with van der Waals surface area (Å²) in [4.78, 5) is 3.90. The summed E-state index contributed by atoms with van der Waals surface area (Å²) >= 11 is 3.31. The second-order valence-corrected chi connectivity index (χ2v) is 2.83. The van der Waals surface area contributed by atoms with Crippen molar-refractivity contribution in [1.82, 2.24) is 4.98 Å². The molecule has 0 aliphatic carbocycles. The zero-order valence-corrected chi connectivity index (χ0v) is 8.39. The fraction of sp³-hybridized carbons (Fsp3) is 0.375. The normalized spacial score (nSPS) is 9.83. The van der Waals surface area contributed by atoms with Crippen LogP contribution in [0.15, 0.2) is 12.1 Å². The molecule has 0 saturated heterocycles. The van der Waals surface area contributed by atoms with E-state index < -0.39 is 0 Å². The maximum atomic E-state index is 7.35. The Bertz CT molecular complexity index is 265. The highest BCUT2D eigenvalue weighted by molar-refractivity contribution is 9.08. The van der Waals surface area contributed by atoms with Crippen LogP contribution in [-0.2, 0) is 5.33 Å². The van der Waals surface area contributed by atoms with Crippen LogP contribution in [0.5, 0.6) is 11.8 Å². The molecule has 1 aromatic heterocycles. The summed E-state index contributed by atoms with van der Waals surface area (Å²) in [6.45, 7) is 2.48. The minimum Gasteiger partial charge on any atom is -0.579 e. The lowest BCUT2D eigenvalue weighted by molar-refractivity contribution is 0.319. The Morgan fingerprint density at radius 2 is 2.33 bits per heavy atom. The molecule has 1 heterocycles. The SMILES string of the molecule is CCOc1cc(CBr)cc([OH2+])n1. The molecule has 3 nitrogen and oxygen atoms in total. The molecule has 0 amide bonds. The standard InChI is InChI=1S/C8H10BrNO2/c1-2-12-8-4-6(5-9)3-7(11)10-8/h3-4H,2,5H2,1H3,(H,10,11)/p+1. The van der Waals surface area contributed by atoms with Gasteiger partial charge < -0.3 is 9.84 Å². The number of aromatic nitrogens is 1. The molecule has 0 fully saturated rings. The quantitative estimate of drug-likeness (QED) is 0.590. The predicted molar refractivity (Wildman–Crippen MR) is 51.1 cm³/mol. The number of nitrogens with zero attached hydrogens (tertiary/aromatic N) is 1. The van der Waals surface area contributed by atoms with E-state index in [1.54, 1.807) is 6.07 Å². The van der Waals surface area contributed by atoms with Crippen LogP contribution in [0.3, 0.4) is 0 Å². The number of ether oxygens (including phenoxy) is 1. The van der Waals surface area contributed by atoms with Crippen LogP contribution in [0.4, 0.5) is 0 Å². The molecule has 0 aliphatic rings. The first-order valence-corrected chi connectivity index (χ1v) is 4.79. The largest absolute Gasteiger partial charge is 0.579 e. The molecule has 0 unspecified atom stereocenters. The molecule has 1 aromatic rings. The number of hydrogen-bond acceptors (Lipinski definition) is 2. The zero-order valence-electron chi connectivity index (χ0n) is 6.80. The second kappa shape index (κ2) is 4.30. The van der Waals surface area contributed by atoms with E-state index >= 15 is 0 Å². The maximum Gasteiger partial charge on any atom is 0.360 e. The first-order chi connectivity index (χ1) is 5.76. The minimum absolute atomic E-state index is 0.246. The van der Waals surface area contributed by atoms with E-state index in [1.165, 1.54) is 0 Å². The fourth-order valence-electron chi connectivity index (χ4n) is 0.858. The Balaban J connectivity index is 2.90. The second-order valence-electron chi connectivity index (χ2n) is 2.27. The molecule has 66 valence electrons. The Hall–Kier alpha value is -0.770. The predicted octanol–water partition coefficient (Wildman–Crippen LogP) is 1.81. The number of pyridine rings is 1. The fourth-order valence-corrected chi connectivity index (χ4v) is 1.18. The monoisotopic (exact) mass is 232 g/mol.